The van der Waals surface area contributed by atoms with Crippen molar-refractivity contribution in [3.8, 4) is 5.75 Å². The van der Waals surface area contributed by atoms with Crippen LogP contribution in [0.2, 0.25) is 0 Å². The number of methoxy groups -OCH3 is 1. The summed E-state index contributed by atoms with van der Waals surface area (Å²) < 4.78 is 5.35. The summed E-state index contributed by atoms with van der Waals surface area (Å²) in [6.07, 6.45) is 0.485. The molecule has 0 aliphatic carbocycles. The molecule has 0 aliphatic rings. The van der Waals surface area contributed by atoms with Gasteiger partial charge in [-0.05, 0) is 26.3 Å². The summed E-state index contributed by atoms with van der Waals surface area (Å²) in [5.74, 6) is 0.890. The molecule has 96 valence electrons. The zero-order valence-electron chi connectivity index (χ0n) is 11.2. The highest BCUT2D eigenvalue weighted by molar-refractivity contribution is 5.38. The van der Waals surface area contributed by atoms with Gasteiger partial charge < -0.3 is 15.2 Å². The van der Waals surface area contributed by atoms with E-state index in [1.165, 1.54) is 5.56 Å². The molecule has 3 heteroatoms. The molecule has 0 saturated heterocycles. The second kappa shape index (κ2) is 6.62. The van der Waals surface area contributed by atoms with E-state index in [1.54, 1.807) is 7.11 Å². The zero-order chi connectivity index (χ0) is 12.8. The van der Waals surface area contributed by atoms with Crippen molar-refractivity contribution in [1.29, 1.82) is 0 Å². The summed E-state index contributed by atoms with van der Waals surface area (Å²) in [5.41, 5.74) is 2.35. The minimum absolute atomic E-state index is 0.172. The monoisotopic (exact) mass is 237 g/mol. The van der Waals surface area contributed by atoms with Gasteiger partial charge in [-0.2, -0.15) is 0 Å². The van der Waals surface area contributed by atoms with E-state index in [1.807, 2.05) is 19.1 Å². The van der Waals surface area contributed by atoms with Crippen LogP contribution >= 0.6 is 0 Å². The van der Waals surface area contributed by atoms with Gasteiger partial charge in [0.15, 0.2) is 0 Å². The Hall–Kier alpha value is -1.06. The molecular formula is C14H23NO2. The van der Waals surface area contributed by atoms with Gasteiger partial charge in [0.05, 0.1) is 13.2 Å². The summed E-state index contributed by atoms with van der Waals surface area (Å²) >= 11 is 0. The molecule has 1 aromatic carbocycles. The third-order valence-electron chi connectivity index (χ3n) is 2.98. The van der Waals surface area contributed by atoms with Crippen molar-refractivity contribution in [1.82, 2.24) is 5.32 Å². The predicted octanol–water partition coefficient (Wildman–Crippen LogP) is 2.43. The number of benzene rings is 1. The Balaban J connectivity index is 2.73. The highest BCUT2D eigenvalue weighted by Gasteiger charge is 2.12. The van der Waals surface area contributed by atoms with Crippen molar-refractivity contribution in [2.45, 2.75) is 39.3 Å². The summed E-state index contributed by atoms with van der Waals surface area (Å²) in [6.45, 7) is 6.73. The molecule has 2 unspecified atom stereocenters. The number of aryl methyl sites for hydroxylation is 1. The van der Waals surface area contributed by atoms with Crippen LogP contribution in [0.15, 0.2) is 18.2 Å². The first kappa shape index (κ1) is 14.0. The fourth-order valence-corrected chi connectivity index (χ4v) is 1.76. The molecule has 0 bridgehead atoms. The van der Waals surface area contributed by atoms with Gasteiger partial charge in [-0.15, -0.1) is 0 Å². The predicted molar refractivity (Wildman–Crippen MR) is 70.4 cm³/mol. The van der Waals surface area contributed by atoms with Crippen molar-refractivity contribution < 1.29 is 9.84 Å². The molecule has 0 aliphatic heterocycles. The lowest BCUT2D eigenvalue weighted by Gasteiger charge is -2.19. The van der Waals surface area contributed by atoms with Gasteiger partial charge in [-0.1, -0.05) is 24.6 Å². The van der Waals surface area contributed by atoms with E-state index < -0.39 is 0 Å². The van der Waals surface area contributed by atoms with Crippen molar-refractivity contribution in [3.05, 3.63) is 29.3 Å². The number of hydrogen-bond acceptors (Lipinski definition) is 3. The lowest BCUT2D eigenvalue weighted by Crippen LogP contribution is -2.28. The Kier molecular flexibility index (Phi) is 5.45. The Labute approximate surface area is 104 Å². The fourth-order valence-electron chi connectivity index (χ4n) is 1.76. The molecule has 0 aromatic heterocycles. The molecule has 0 amide bonds. The van der Waals surface area contributed by atoms with Gasteiger partial charge in [0.25, 0.3) is 0 Å². The molecular weight excluding hydrogens is 214 g/mol. The van der Waals surface area contributed by atoms with Gasteiger partial charge >= 0.3 is 0 Å². The lowest BCUT2D eigenvalue weighted by atomic mass is 10.0. The molecule has 3 nitrogen and oxygen atoms in total. The normalized spacial score (nSPS) is 14.4. The maximum atomic E-state index is 9.54. The van der Waals surface area contributed by atoms with Crippen LogP contribution in [0, 0.1) is 6.92 Å². The van der Waals surface area contributed by atoms with E-state index in [0.29, 0.717) is 6.54 Å². The van der Waals surface area contributed by atoms with E-state index >= 15 is 0 Å². The zero-order valence-corrected chi connectivity index (χ0v) is 11.2. The van der Waals surface area contributed by atoms with Crippen LogP contribution < -0.4 is 10.1 Å². The Morgan fingerprint density at radius 2 is 2.12 bits per heavy atom. The molecule has 2 atom stereocenters. The maximum absolute atomic E-state index is 9.54. The van der Waals surface area contributed by atoms with Crippen LogP contribution in [0.4, 0.5) is 0 Å². The highest BCUT2D eigenvalue weighted by Crippen LogP contribution is 2.25. The van der Waals surface area contributed by atoms with Gasteiger partial charge in [0.1, 0.15) is 5.75 Å². The number of nitrogens with one attached hydrogen (secondary N) is 1. The van der Waals surface area contributed by atoms with Crippen molar-refractivity contribution >= 4 is 0 Å². The molecule has 1 rings (SSSR count). The third kappa shape index (κ3) is 4.02. The van der Waals surface area contributed by atoms with Crippen molar-refractivity contribution in [3.63, 3.8) is 0 Å². The molecule has 0 spiro atoms. The summed E-state index contributed by atoms with van der Waals surface area (Å²) in [7, 11) is 1.68. The molecule has 0 heterocycles. The number of aliphatic hydroxyl groups excluding tert-OH is 1. The first-order valence-corrected chi connectivity index (χ1v) is 6.14. The molecule has 0 saturated carbocycles. The Morgan fingerprint density at radius 1 is 1.41 bits per heavy atom. The lowest BCUT2D eigenvalue weighted by molar-refractivity contribution is 0.163. The molecule has 1 aromatic rings. The second-order valence-electron chi connectivity index (χ2n) is 4.44. The SMILES string of the molecule is CCC(O)CNC(C)c1cc(C)ccc1OC. The Bertz CT molecular complexity index is 352. The first-order chi connectivity index (χ1) is 8.08. The molecule has 0 fully saturated rings. The Morgan fingerprint density at radius 3 is 2.71 bits per heavy atom. The number of ether oxygens (including phenoxy) is 1. The van der Waals surface area contributed by atoms with E-state index in [0.717, 1.165) is 17.7 Å². The van der Waals surface area contributed by atoms with E-state index in [2.05, 4.69) is 25.2 Å². The molecule has 17 heavy (non-hydrogen) atoms. The number of aliphatic hydroxyl groups is 1. The average Bonchev–Trinajstić information content (AvgIpc) is 2.35. The van der Waals surface area contributed by atoms with Crippen LogP contribution in [-0.2, 0) is 0 Å². The first-order valence-electron chi connectivity index (χ1n) is 6.14. The van der Waals surface area contributed by atoms with E-state index in [-0.39, 0.29) is 12.1 Å². The minimum Gasteiger partial charge on any atom is -0.496 e. The summed E-state index contributed by atoms with van der Waals surface area (Å²) in [5, 5.41) is 12.9. The number of rotatable bonds is 6. The maximum Gasteiger partial charge on any atom is 0.123 e. The van der Waals surface area contributed by atoms with Gasteiger partial charge in [0, 0.05) is 18.2 Å². The van der Waals surface area contributed by atoms with E-state index in [9.17, 15) is 5.11 Å². The molecule has 0 radical (unpaired) electrons. The van der Waals surface area contributed by atoms with Crippen molar-refractivity contribution in [2.24, 2.45) is 0 Å². The van der Waals surface area contributed by atoms with Crippen LogP contribution in [0.5, 0.6) is 5.75 Å². The highest BCUT2D eigenvalue weighted by atomic mass is 16.5. The van der Waals surface area contributed by atoms with Gasteiger partial charge in [-0.25, -0.2) is 0 Å². The topological polar surface area (TPSA) is 41.5 Å². The van der Waals surface area contributed by atoms with E-state index in [4.69, 9.17) is 4.74 Å². The summed E-state index contributed by atoms with van der Waals surface area (Å²) in [4.78, 5) is 0. The average molecular weight is 237 g/mol. The second-order valence-corrected chi connectivity index (χ2v) is 4.44. The minimum atomic E-state index is -0.284. The largest absolute Gasteiger partial charge is 0.496 e. The molecule has 2 N–H and O–H groups in total. The van der Waals surface area contributed by atoms with Crippen LogP contribution in [0.25, 0.3) is 0 Å². The van der Waals surface area contributed by atoms with Crippen LogP contribution in [0.3, 0.4) is 0 Å². The summed E-state index contributed by atoms with van der Waals surface area (Å²) in [6, 6.07) is 6.31. The van der Waals surface area contributed by atoms with Gasteiger partial charge in [-0.3, -0.25) is 0 Å². The van der Waals surface area contributed by atoms with Gasteiger partial charge in [0.2, 0.25) is 0 Å². The van der Waals surface area contributed by atoms with Crippen LogP contribution in [-0.4, -0.2) is 24.9 Å². The standard InChI is InChI=1S/C14H23NO2/c1-5-12(16)9-15-11(3)13-8-10(2)6-7-14(13)17-4/h6-8,11-12,15-16H,5,9H2,1-4H3. The fraction of sp³-hybridized carbons (Fsp3) is 0.571. The quantitative estimate of drug-likeness (QED) is 0.798. The number of hydrogen-bond donors (Lipinski definition) is 2. The smallest absolute Gasteiger partial charge is 0.123 e. The van der Waals surface area contributed by atoms with Crippen molar-refractivity contribution in [2.75, 3.05) is 13.7 Å². The van der Waals surface area contributed by atoms with Crippen LogP contribution in [0.1, 0.15) is 37.4 Å². The third-order valence-corrected chi connectivity index (χ3v) is 2.98.